The third-order valence-electron chi connectivity index (χ3n) is 4.59. The molecule has 1 heterocycles. The van der Waals surface area contributed by atoms with Crippen LogP contribution in [0.1, 0.15) is 39.7 Å². The van der Waals surface area contributed by atoms with E-state index in [-0.39, 0.29) is 16.7 Å². The summed E-state index contributed by atoms with van der Waals surface area (Å²) in [6.07, 6.45) is 0.661. The highest BCUT2D eigenvalue weighted by atomic mass is 79.9. The first kappa shape index (κ1) is 18.3. The van der Waals surface area contributed by atoms with Crippen LogP contribution in [0.4, 0.5) is 0 Å². The zero-order valence-electron chi connectivity index (χ0n) is 14.4. The van der Waals surface area contributed by atoms with Gasteiger partial charge in [0.2, 0.25) is 0 Å². The Kier molecular flexibility index (Phi) is 5.41. The van der Waals surface area contributed by atoms with Crippen molar-refractivity contribution in [2.24, 2.45) is 5.92 Å². The SMILES string of the molecule is CCOC(=O)[C@@H]1C[C@H](Br)[C@@](C)(c2ccc(OC)cc2)OC1(C)C. The largest absolute Gasteiger partial charge is 0.497 e. The minimum Gasteiger partial charge on any atom is -0.497 e. The van der Waals surface area contributed by atoms with Crippen LogP contribution in [0.2, 0.25) is 0 Å². The van der Waals surface area contributed by atoms with Crippen LogP contribution < -0.4 is 4.74 Å². The van der Waals surface area contributed by atoms with Crippen LogP contribution in [0.15, 0.2) is 24.3 Å². The predicted octanol–water partition coefficient (Wildman–Crippen LogP) is 4.05. The maximum atomic E-state index is 12.3. The lowest BCUT2D eigenvalue weighted by Gasteiger charge is -2.50. The van der Waals surface area contributed by atoms with Crippen LogP contribution in [0.5, 0.6) is 5.75 Å². The van der Waals surface area contributed by atoms with Crippen LogP contribution in [0.25, 0.3) is 0 Å². The van der Waals surface area contributed by atoms with Gasteiger partial charge in [-0.3, -0.25) is 4.79 Å². The molecule has 0 spiro atoms. The number of carbonyl (C=O) groups is 1. The first-order chi connectivity index (χ1) is 10.7. The summed E-state index contributed by atoms with van der Waals surface area (Å²) in [6.45, 7) is 8.16. The second kappa shape index (κ2) is 6.81. The molecule has 3 atom stereocenters. The summed E-state index contributed by atoms with van der Waals surface area (Å²) in [5.74, 6) is 0.319. The normalized spacial score (nSPS) is 29.8. The number of hydrogen-bond acceptors (Lipinski definition) is 4. The monoisotopic (exact) mass is 384 g/mol. The zero-order chi connectivity index (χ0) is 17.3. The summed E-state index contributed by atoms with van der Waals surface area (Å²) in [4.78, 5) is 12.3. The Hall–Kier alpha value is -1.07. The van der Waals surface area contributed by atoms with Crippen LogP contribution >= 0.6 is 15.9 Å². The van der Waals surface area contributed by atoms with E-state index in [2.05, 4.69) is 22.9 Å². The molecule has 0 amide bonds. The average molecular weight is 385 g/mol. The number of benzene rings is 1. The van der Waals surface area contributed by atoms with Gasteiger partial charge < -0.3 is 14.2 Å². The molecule has 1 aliphatic rings. The van der Waals surface area contributed by atoms with Crippen molar-refractivity contribution in [2.45, 2.75) is 50.1 Å². The fourth-order valence-electron chi connectivity index (χ4n) is 3.18. The van der Waals surface area contributed by atoms with Gasteiger partial charge in [-0.2, -0.15) is 0 Å². The molecule has 1 aromatic carbocycles. The van der Waals surface area contributed by atoms with E-state index < -0.39 is 11.2 Å². The summed E-state index contributed by atoms with van der Waals surface area (Å²) in [6, 6.07) is 7.87. The van der Waals surface area contributed by atoms with Gasteiger partial charge in [-0.1, -0.05) is 28.1 Å². The smallest absolute Gasteiger partial charge is 0.311 e. The van der Waals surface area contributed by atoms with Crippen molar-refractivity contribution in [3.8, 4) is 5.75 Å². The first-order valence-corrected chi connectivity index (χ1v) is 8.81. The fraction of sp³-hybridized carbons (Fsp3) is 0.611. The molecule has 23 heavy (non-hydrogen) atoms. The lowest BCUT2D eigenvalue weighted by atomic mass is 9.76. The van der Waals surface area contributed by atoms with Gasteiger partial charge in [0.1, 0.15) is 11.4 Å². The number of esters is 1. The quantitative estimate of drug-likeness (QED) is 0.580. The van der Waals surface area contributed by atoms with Gasteiger partial charge in [-0.25, -0.2) is 0 Å². The van der Waals surface area contributed by atoms with Crippen molar-refractivity contribution in [1.29, 1.82) is 0 Å². The van der Waals surface area contributed by atoms with Crippen LogP contribution in [-0.2, 0) is 19.9 Å². The van der Waals surface area contributed by atoms with Gasteiger partial charge >= 0.3 is 5.97 Å². The molecule has 0 N–H and O–H groups in total. The molecule has 4 nitrogen and oxygen atoms in total. The van der Waals surface area contributed by atoms with Crippen LogP contribution in [0.3, 0.4) is 0 Å². The number of alkyl halides is 1. The molecular formula is C18H25BrO4. The highest BCUT2D eigenvalue weighted by Crippen LogP contribution is 2.48. The average Bonchev–Trinajstić information content (AvgIpc) is 2.50. The summed E-state index contributed by atoms with van der Waals surface area (Å²) in [7, 11) is 1.65. The Morgan fingerprint density at radius 2 is 1.91 bits per heavy atom. The Bertz CT molecular complexity index is 555. The summed E-state index contributed by atoms with van der Waals surface area (Å²) >= 11 is 3.73. The van der Waals surface area contributed by atoms with Crippen molar-refractivity contribution in [2.75, 3.05) is 13.7 Å². The van der Waals surface area contributed by atoms with Crippen molar-refractivity contribution in [1.82, 2.24) is 0 Å². The van der Waals surface area contributed by atoms with Crippen molar-refractivity contribution in [3.05, 3.63) is 29.8 Å². The summed E-state index contributed by atoms with van der Waals surface area (Å²) in [5.41, 5.74) is -0.0835. The van der Waals surface area contributed by atoms with E-state index >= 15 is 0 Å². The predicted molar refractivity (Wildman–Crippen MR) is 93.0 cm³/mol. The molecule has 0 unspecified atom stereocenters. The second-order valence-electron chi connectivity index (χ2n) is 6.55. The number of methoxy groups -OCH3 is 1. The van der Waals surface area contributed by atoms with Gasteiger partial charge in [-0.15, -0.1) is 0 Å². The number of hydrogen-bond donors (Lipinski definition) is 0. The first-order valence-electron chi connectivity index (χ1n) is 7.90. The molecular weight excluding hydrogens is 360 g/mol. The molecule has 1 aromatic rings. The number of rotatable bonds is 4. The molecule has 0 saturated carbocycles. The molecule has 2 rings (SSSR count). The van der Waals surface area contributed by atoms with E-state index in [1.807, 2.05) is 45.0 Å². The van der Waals surface area contributed by atoms with E-state index in [0.717, 1.165) is 11.3 Å². The third kappa shape index (κ3) is 3.56. The van der Waals surface area contributed by atoms with Crippen molar-refractivity contribution >= 4 is 21.9 Å². The van der Waals surface area contributed by atoms with Gasteiger partial charge in [0.25, 0.3) is 0 Å². The molecule has 128 valence electrons. The topological polar surface area (TPSA) is 44.8 Å². The lowest BCUT2D eigenvalue weighted by Crippen LogP contribution is -2.55. The summed E-state index contributed by atoms with van der Waals surface area (Å²) in [5, 5.41) is 0. The maximum Gasteiger partial charge on any atom is 0.311 e. The highest BCUT2D eigenvalue weighted by molar-refractivity contribution is 9.09. The minimum atomic E-state index is -0.606. The number of halogens is 1. The molecule has 0 bridgehead atoms. The maximum absolute atomic E-state index is 12.3. The number of ether oxygens (including phenoxy) is 3. The summed E-state index contributed by atoms with van der Waals surface area (Å²) < 4.78 is 16.9. The molecule has 1 fully saturated rings. The van der Waals surface area contributed by atoms with E-state index in [9.17, 15) is 4.79 Å². The Morgan fingerprint density at radius 3 is 2.43 bits per heavy atom. The minimum absolute atomic E-state index is 0.00539. The molecule has 0 aliphatic carbocycles. The second-order valence-corrected chi connectivity index (χ2v) is 7.65. The van der Waals surface area contributed by atoms with Crippen molar-refractivity contribution in [3.63, 3.8) is 0 Å². The molecule has 0 radical (unpaired) electrons. The van der Waals surface area contributed by atoms with Gasteiger partial charge in [0.15, 0.2) is 0 Å². The zero-order valence-corrected chi connectivity index (χ0v) is 16.0. The highest BCUT2D eigenvalue weighted by Gasteiger charge is 2.52. The van der Waals surface area contributed by atoms with Crippen LogP contribution in [0, 0.1) is 5.92 Å². The van der Waals surface area contributed by atoms with E-state index in [1.165, 1.54) is 0 Å². The fourth-order valence-corrected chi connectivity index (χ4v) is 3.91. The van der Waals surface area contributed by atoms with Crippen LogP contribution in [-0.4, -0.2) is 30.1 Å². The Labute approximate surface area is 146 Å². The molecule has 1 saturated heterocycles. The standard InChI is InChI=1S/C18H25BrO4/c1-6-22-16(20)14-11-15(19)18(4,23-17(14,2)3)12-7-9-13(21-5)10-8-12/h7-10,14-15H,6,11H2,1-5H3/t14-,15-,18+/m0/s1. The molecule has 0 aromatic heterocycles. The number of carbonyl (C=O) groups excluding carboxylic acids is 1. The van der Waals surface area contributed by atoms with Gasteiger partial charge in [0, 0.05) is 4.83 Å². The molecule has 5 heteroatoms. The molecule has 1 aliphatic heterocycles. The van der Waals surface area contributed by atoms with Gasteiger partial charge in [0.05, 0.1) is 25.2 Å². The third-order valence-corrected chi connectivity index (χ3v) is 5.84. The lowest BCUT2D eigenvalue weighted by molar-refractivity contribution is -0.206. The van der Waals surface area contributed by atoms with Crippen molar-refractivity contribution < 1.29 is 19.0 Å². The van der Waals surface area contributed by atoms with E-state index in [1.54, 1.807) is 7.11 Å². The van der Waals surface area contributed by atoms with E-state index in [0.29, 0.717) is 13.0 Å². The van der Waals surface area contributed by atoms with E-state index in [4.69, 9.17) is 14.2 Å². The van der Waals surface area contributed by atoms with Gasteiger partial charge in [-0.05, 0) is 51.8 Å². The Balaban J connectivity index is 2.29. The Morgan fingerprint density at radius 1 is 1.30 bits per heavy atom.